The van der Waals surface area contributed by atoms with Gasteiger partial charge in [-0.25, -0.2) is 9.37 Å². The maximum absolute atomic E-state index is 13.7. The average Bonchev–Trinajstić information content (AvgIpc) is 3.12. The first-order valence-corrected chi connectivity index (χ1v) is 10.4. The van der Waals surface area contributed by atoms with Gasteiger partial charge in [-0.2, -0.15) is 9.97 Å². The first-order valence-electron chi connectivity index (χ1n) is 10.1. The fourth-order valence-electron chi connectivity index (χ4n) is 3.69. The Hall–Kier alpha value is -2.41. The number of oxazole rings is 1. The van der Waals surface area contributed by atoms with Crippen molar-refractivity contribution in [3.8, 4) is 17.3 Å². The van der Waals surface area contributed by atoms with Crippen LogP contribution >= 0.6 is 11.6 Å². The van der Waals surface area contributed by atoms with E-state index in [4.69, 9.17) is 20.8 Å². The maximum Gasteiger partial charge on any atom is 0.256 e. The minimum atomic E-state index is -0.422. The SMILES string of the molecule is CCCOc1nc(N[C@H]2CCC[C@H](C)C2)nc2oc(-c3cc(F)ccc3Cl)nc12. The van der Waals surface area contributed by atoms with Gasteiger partial charge in [0.2, 0.25) is 17.7 Å². The second-order valence-electron chi connectivity index (χ2n) is 7.61. The summed E-state index contributed by atoms with van der Waals surface area (Å²) in [5.41, 5.74) is 1.05. The molecular formula is C21H24ClFN4O2. The van der Waals surface area contributed by atoms with E-state index in [9.17, 15) is 4.39 Å². The second kappa shape index (κ2) is 8.53. The van der Waals surface area contributed by atoms with Crippen LogP contribution in [0.15, 0.2) is 22.6 Å². The molecule has 1 fully saturated rings. The highest BCUT2D eigenvalue weighted by atomic mass is 35.5. The number of benzene rings is 1. The lowest BCUT2D eigenvalue weighted by molar-refractivity contribution is 0.308. The molecule has 0 amide bonds. The van der Waals surface area contributed by atoms with Crippen LogP contribution in [-0.4, -0.2) is 27.6 Å². The van der Waals surface area contributed by atoms with Crippen LogP contribution in [0.3, 0.4) is 0 Å². The summed E-state index contributed by atoms with van der Waals surface area (Å²) in [6, 6.07) is 4.36. The zero-order valence-corrected chi connectivity index (χ0v) is 17.3. The van der Waals surface area contributed by atoms with Gasteiger partial charge in [-0.1, -0.05) is 38.3 Å². The van der Waals surface area contributed by atoms with Gasteiger partial charge < -0.3 is 14.5 Å². The topological polar surface area (TPSA) is 73.1 Å². The van der Waals surface area contributed by atoms with E-state index in [0.717, 1.165) is 19.3 Å². The molecule has 1 aromatic carbocycles. The molecule has 154 valence electrons. The molecular weight excluding hydrogens is 395 g/mol. The molecule has 2 heterocycles. The number of halogens is 2. The lowest BCUT2D eigenvalue weighted by Gasteiger charge is -2.27. The Morgan fingerprint density at radius 2 is 2.14 bits per heavy atom. The molecule has 0 aliphatic heterocycles. The monoisotopic (exact) mass is 418 g/mol. The molecule has 8 heteroatoms. The van der Waals surface area contributed by atoms with Crippen molar-refractivity contribution in [2.75, 3.05) is 11.9 Å². The Balaban J connectivity index is 1.72. The normalized spacial score (nSPS) is 19.4. The van der Waals surface area contributed by atoms with E-state index in [2.05, 4.69) is 27.2 Å². The summed E-state index contributed by atoms with van der Waals surface area (Å²) in [5.74, 6) is 1.24. The molecule has 0 bridgehead atoms. The Labute approximate surface area is 173 Å². The second-order valence-corrected chi connectivity index (χ2v) is 8.02. The smallest absolute Gasteiger partial charge is 0.256 e. The number of rotatable bonds is 6. The van der Waals surface area contributed by atoms with Crippen molar-refractivity contribution in [1.82, 2.24) is 15.0 Å². The van der Waals surface area contributed by atoms with E-state index < -0.39 is 5.82 Å². The van der Waals surface area contributed by atoms with E-state index in [0.29, 0.717) is 46.5 Å². The lowest BCUT2D eigenvalue weighted by Crippen LogP contribution is -2.27. The molecule has 0 spiro atoms. The molecule has 0 saturated heterocycles. The molecule has 6 nitrogen and oxygen atoms in total. The minimum Gasteiger partial charge on any atom is -0.476 e. The van der Waals surface area contributed by atoms with Crippen LogP contribution in [0.1, 0.15) is 46.0 Å². The molecule has 1 N–H and O–H groups in total. The number of anilines is 1. The maximum atomic E-state index is 13.7. The quantitative estimate of drug-likeness (QED) is 0.540. The fraction of sp³-hybridized carbons (Fsp3) is 0.476. The molecule has 0 radical (unpaired) electrons. The number of aromatic nitrogens is 3. The Bertz CT molecular complexity index is 1010. The molecule has 2 atom stereocenters. The lowest BCUT2D eigenvalue weighted by atomic mass is 9.87. The van der Waals surface area contributed by atoms with E-state index in [1.165, 1.54) is 31.0 Å². The number of hydrogen-bond acceptors (Lipinski definition) is 6. The van der Waals surface area contributed by atoms with Crippen LogP contribution in [0, 0.1) is 11.7 Å². The van der Waals surface area contributed by atoms with Crippen molar-refractivity contribution >= 4 is 28.8 Å². The molecule has 29 heavy (non-hydrogen) atoms. The summed E-state index contributed by atoms with van der Waals surface area (Å²) in [7, 11) is 0. The van der Waals surface area contributed by atoms with Crippen molar-refractivity contribution in [1.29, 1.82) is 0 Å². The molecule has 4 rings (SSSR count). The number of hydrogen-bond donors (Lipinski definition) is 1. The van der Waals surface area contributed by atoms with Crippen LogP contribution in [0.25, 0.3) is 22.7 Å². The first kappa shape index (κ1) is 19.9. The van der Waals surface area contributed by atoms with Crippen molar-refractivity contribution < 1.29 is 13.5 Å². The van der Waals surface area contributed by atoms with Gasteiger partial charge in [-0.15, -0.1) is 0 Å². The van der Waals surface area contributed by atoms with Gasteiger partial charge in [0.1, 0.15) is 5.82 Å². The molecule has 1 aliphatic carbocycles. The third-order valence-corrected chi connectivity index (χ3v) is 5.43. The summed E-state index contributed by atoms with van der Waals surface area (Å²) in [6.07, 6.45) is 5.42. The van der Waals surface area contributed by atoms with Crippen molar-refractivity contribution in [3.05, 3.63) is 29.0 Å². The highest BCUT2D eigenvalue weighted by Gasteiger charge is 2.23. The van der Waals surface area contributed by atoms with Crippen molar-refractivity contribution in [2.24, 2.45) is 5.92 Å². The van der Waals surface area contributed by atoms with Crippen LogP contribution in [0.2, 0.25) is 5.02 Å². The number of fused-ring (bicyclic) bond motifs is 1. The van der Waals surface area contributed by atoms with Gasteiger partial charge >= 0.3 is 0 Å². The fourth-order valence-corrected chi connectivity index (χ4v) is 3.88. The van der Waals surface area contributed by atoms with Crippen LogP contribution in [0.5, 0.6) is 5.88 Å². The summed E-state index contributed by atoms with van der Waals surface area (Å²) >= 11 is 6.21. The molecule has 1 saturated carbocycles. The van der Waals surface area contributed by atoms with E-state index in [1.807, 2.05) is 6.92 Å². The summed E-state index contributed by atoms with van der Waals surface area (Å²) in [5, 5.41) is 3.76. The molecule has 1 aliphatic rings. The predicted molar refractivity (Wildman–Crippen MR) is 111 cm³/mol. The third kappa shape index (κ3) is 4.45. The molecule has 2 aromatic heterocycles. The third-order valence-electron chi connectivity index (χ3n) is 5.10. The first-order chi connectivity index (χ1) is 14.0. The van der Waals surface area contributed by atoms with Crippen LogP contribution < -0.4 is 10.1 Å². The molecule has 0 unspecified atom stereocenters. The Morgan fingerprint density at radius 1 is 1.28 bits per heavy atom. The average molecular weight is 419 g/mol. The van der Waals surface area contributed by atoms with Gasteiger partial charge in [0.15, 0.2) is 5.52 Å². The Kier molecular flexibility index (Phi) is 5.85. The predicted octanol–water partition coefficient (Wildman–Crippen LogP) is 5.86. The van der Waals surface area contributed by atoms with Crippen molar-refractivity contribution in [3.63, 3.8) is 0 Å². The largest absolute Gasteiger partial charge is 0.476 e. The number of nitrogens with zero attached hydrogens (tertiary/aromatic N) is 3. The molecule has 3 aromatic rings. The van der Waals surface area contributed by atoms with Gasteiger partial charge in [0.25, 0.3) is 5.71 Å². The number of ether oxygens (including phenoxy) is 1. The van der Waals surface area contributed by atoms with Crippen molar-refractivity contribution in [2.45, 2.75) is 52.0 Å². The summed E-state index contributed by atoms with van der Waals surface area (Å²) in [4.78, 5) is 13.5. The summed E-state index contributed by atoms with van der Waals surface area (Å²) < 4.78 is 25.3. The van der Waals surface area contributed by atoms with E-state index >= 15 is 0 Å². The van der Waals surface area contributed by atoms with E-state index in [1.54, 1.807) is 0 Å². The van der Waals surface area contributed by atoms with Gasteiger partial charge in [-0.3, -0.25) is 0 Å². The zero-order chi connectivity index (χ0) is 20.4. The van der Waals surface area contributed by atoms with Gasteiger partial charge in [0.05, 0.1) is 17.2 Å². The number of nitrogens with one attached hydrogen (secondary N) is 1. The van der Waals surface area contributed by atoms with Crippen LogP contribution in [0.4, 0.5) is 10.3 Å². The highest BCUT2D eigenvalue weighted by Crippen LogP contribution is 2.34. The minimum absolute atomic E-state index is 0.184. The van der Waals surface area contributed by atoms with Gasteiger partial charge in [-0.05, 0) is 43.4 Å². The van der Waals surface area contributed by atoms with E-state index in [-0.39, 0.29) is 11.6 Å². The summed E-state index contributed by atoms with van der Waals surface area (Å²) in [6.45, 7) is 4.77. The highest BCUT2D eigenvalue weighted by molar-refractivity contribution is 6.33. The zero-order valence-electron chi connectivity index (χ0n) is 16.5. The van der Waals surface area contributed by atoms with Gasteiger partial charge in [0, 0.05) is 6.04 Å². The Morgan fingerprint density at radius 3 is 2.93 bits per heavy atom. The van der Waals surface area contributed by atoms with Crippen LogP contribution in [-0.2, 0) is 0 Å². The standard InChI is InChI=1S/C21H24ClFN4O2/c1-3-9-28-19-17-20(27-21(26-19)24-14-6-4-5-12(2)10-14)29-18(25-17)15-11-13(23)7-8-16(15)22/h7-8,11-12,14H,3-6,9-10H2,1-2H3,(H,24,26,27)/t12-,14-/m0/s1.